The molecule has 4 rings (SSSR count). The molecule has 1 amide bonds. The molecule has 1 aliphatic carbocycles. The summed E-state index contributed by atoms with van der Waals surface area (Å²) in [6.07, 6.45) is 7.86. The van der Waals surface area contributed by atoms with E-state index in [1.165, 1.54) is 29.1 Å². The highest BCUT2D eigenvalue weighted by Gasteiger charge is 2.23. The number of benzene rings is 1. The summed E-state index contributed by atoms with van der Waals surface area (Å²) in [5.41, 5.74) is 3.32. The monoisotopic (exact) mass is 432 g/mol. The van der Waals surface area contributed by atoms with Crippen LogP contribution in [0.3, 0.4) is 0 Å². The molecule has 0 radical (unpaired) electrons. The number of carbonyl (C=O) groups is 1. The normalized spacial score (nSPS) is 15.7. The van der Waals surface area contributed by atoms with Crippen LogP contribution < -0.4 is 15.0 Å². The average Bonchev–Trinajstić information content (AvgIpc) is 3.45. The number of anilines is 2. The topological polar surface area (TPSA) is 89.2 Å². The fourth-order valence-electron chi connectivity index (χ4n) is 4.24. The van der Waals surface area contributed by atoms with E-state index in [2.05, 4.69) is 16.3 Å². The van der Waals surface area contributed by atoms with Crippen molar-refractivity contribution in [1.29, 1.82) is 10.5 Å². The Bertz CT molecular complexity index is 1110. The third kappa shape index (κ3) is 4.28. The second-order valence-corrected chi connectivity index (χ2v) is 8.88. The van der Waals surface area contributed by atoms with Gasteiger partial charge in [-0.25, -0.2) is 0 Å². The molecule has 0 spiro atoms. The van der Waals surface area contributed by atoms with Gasteiger partial charge in [0, 0.05) is 35.3 Å². The highest BCUT2D eigenvalue weighted by Crippen LogP contribution is 2.38. The molecule has 7 heteroatoms. The number of rotatable bonds is 5. The van der Waals surface area contributed by atoms with E-state index in [0.29, 0.717) is 21.9 Å². The van der Waals surface area contributed by atoms with Crippen LogP contribution in [0.5, 0.6) is 5.75 Å². The summed E-state index contributed by atoms with van der Waals surface area (Å²) in [5, 5.41) is 22.6. The van der Waals surface area contributed by atoms with Crippen LogP contribution in [0, 0.1) is 22.7 Å². The van der Waals surface area contributed by atoms with E-state index in [1.807, 2.05) is 24.3 Å². The molecule has 1 fully saturated rings. The summed E-state index contributed by atoms with van der Waals surface area (Å²) >= 11 is 1.45. The van der Waals surface area contributed by atoms with Crippen molar-refractivity contribution < 1.29 is 9.53 Å². The number of nitriles is 2. The molecule has 2 heterocycles. The van der Waals surface area contributed by atoms with Crippen molar-refractivity contribution >= 4 is 34.0 Å². The minimum atomic E-state index is -0.511. The quantitative estimate of drug-likeness (QED) is 0.549. The number of aryl methyl sites for hydroxylation is 1. The standard InChI is InChI=1S/C24H24N4O2S/c1-30-21-13-18(28-10-4-5-11-28)9-8-16(21)12-17(14-25)23(29)27-24-20(15-26)19-6-2-3-7-22(19)31-24/h8-9,12-13H,2-7,10-11H2,1H3,(H,27,29)/b17-12+. The third-order valence-corrected chi connectivity index (χ3v) is 7.07. The van der Waals surface area contributed by atoms with Crippen molar-refractivity contribution in [2.75, 3.05) is 30.4 Å². The first-order valence-electron chi connectivity index (χ1n) is 10.6. The van der Waals surface area contributed by atoms with Crippen LogP contribution in [0.25, 0.3) is 6.08 Å². The lowest BCUT2D eigenvalue weighted by atomic mass is 9.96. The summed E-state index contributed by atoms with van der Waals surface area (Å²) in [6, 6.07) is 10.1. The molecule has 1 aliphatic heterocycles. The number of hydrogen-bond acceptors (Lipinski definition) is 6. The molecule has 0 unspecified atom stereocenters. The van der Waals surface area contributed by atoms with Crippen LogP contribution in [-0.2, 0) is 17.6 Å². The number of fused-ring (bicyclic) bond motifs is 1. The Morgan fingerprint density at radius 3 is 2.68 bits per heavy atom. The number of thiophene rings is 1. The van der Waals surface area contributed by atoms with Crippen LogP contribution in [0.2, 0.25) is 0 Å². The molecular weight excluding hydrogens is 408 g/mol. The van der Waals surface area contributed by atoms with E-state index in [1.54, 1.807) is 13.2 Å². The maximum Gasteiger partial charge on any atom is 0.266 e. The lowest BCUT2D eigenvalue weighted by molar-refractivity contribution is -0.112. The van der Waals surface area contributed by atoms with E-state index in [0.717, 1.165) is 50.0 Å². The Hall–Kier alpha value is -3.29. The van der Waals surface area contributed by atoms with Crippen LogP contribution in [-0.4, -0.2) is 26.1 Å². The van der Waals surface area contributed by atoms with Gasteiger partial charge in [-0.05, 0) is 62.3 Å². The van der Waals surface area contributed by atoms with Gasteiger partial charge in [0.2, 0.25) is 0 Å². The lowest BCUT2D eigenvalue weighted by Crippen LogP contribution is -2.17. The van der Waals surface area contributed by atoms with Crippen molar-refractivity contribution in [2.24, 2.45) is 0 Å². The first-order chi connectivity index (χ1) is 15.1. The summed E-state index contributed by atoms with van der Waals surface area (Å²) in [7, 11) is 1.59. The van der Waals surface area contributed by atoms with Crippen molar-refractivity contribution in [3.8, 4) is 17.9 Å². The molecule has 1 saturated heterocycles. The van der Waals surface area contributed by atoms with Crippen molar-refractivity contribution in [2.45, 2.75) is 38.5 Å². The number of hydrogen-bond donors (Lipinski definition) is 1. The van der Waals surface area contributed by atoms with E-state index in [9.17, 15) is 15.3 Å². The minimum absolute atomic E-state index is 0.0255. The molecule has 0 saturated carbocycles. The SMILES string of the molecule is COc1cc(N2CCCC2)ccc1/C=C(\C#N)C(=O)Nc1sc2c(c1C#N)CCCC2. The number of ether oxygens (including phenoxy) is 1. The second kappa shape index (κ2) is 9.24. The minimum Gasteiger partial charge on any atom is -0.496 e. The first kappa shape index (κ1) is 21.0. The Labute approximate surface area is 186 Å². The van der Waals surface area contributed by atoms with Gasteiger partial charge in [-0.15, -0.1) is 11.3 Å². The number of carbonyl (C=O) groups excluding carboxylic acids is 1. The Balaban J connectivity index is 1.59. The summed E-state index contributed by atoms with van der Waals surface area (Å²) in [6.45, 7) is 2.05. The number of nitrogens with one attached hydrogen (secondary N) is 1. The first-order valence-corrected chi connectivity index (χ1v) is 11.4. The smallest absolute Gasteiger partial charge is 0.266 e. The molecule has 1 aromatic carbocycles. The molecule has 1 N–H and O–H groups in total. The molecular formula is C24H24N4O2S. The summed E-state index contributed by atoms with van der Waals surface area (Å²) in [5.74, 6) is 0.109. The van der Waals surface area contributed by atoms with Gasteiger partial charge in [0.15, 0.2) is 0 Å². The highest BCUT2D eigenvalue weighted by molar-refractivity contribution is 7.16. The molecule has 6 nitrogen and oxygen atoms in total. The van der Waals surface area contributed by atoms with Crippen LogP contribution in [0.15, 0.2) is 23.8 Å². The van der Waals surface area contributed by atoms with Gasteiger partial charge >= 0.3 is 0 Å². The Morgan fingerprint density at radius 1 is 1.19 bits per heavy atom. The number of methoxy groups -OCH3 is 1. The third-order valence-electron chi connectivity index (χ3n) is 5.86. The summed E-state index contributed by atoms with van der Waals surface area (Å²) in [4.78, 5) is 16.3. The molecule has 2 aliphatic rings. The molecule has 0 atom stereocenters. The average molecular weight is 433 g/mol. The molecule has 0 bridgehead atoms. The van der Waals surface area contributed by atoms with Gasteiger partial charge in [0.05, 0.1) is 12.7 Å². The fourth-order valence-corrected chi connectivity index (χ4v) is 5.47. The zero-order chi connectivity index (χ0) is 21.8. The Kier molecular flexibility index (Phi) is 6.25. The fraction of sp³-hybridized carbons (Fsp3) is 0.375. The maximum absolute atomic E-state index is 12.9. The largest absolute Gasteiger partial charge is 0.496 e. The van der Waals surface area contributed by atoms with E-state index < -0.39 is 5.91 Å². The van der Waals surface area contributed by atoms with Gasteiger partial charge in [-0.3, -0.25) is 4.79 Å². The van der Waals surface area contributed by atoms with E-state index in [4.69, 9.17) is 4.74 Å². The zero-order valence-corrected chi connectivity index (χ0v) is 18.3. The Morgan fingerprint density at radius 2 is 1.97 bits per heavy atom. The number of nitrogens with zero attached hydrogens (tertiary/aromatic N) is 3. The van der Waals surface area contributed by atoms with Gasteiger partial charge in [0.1, 0.15) is 28.5 Å². The van der Waals surface area contributed by atoms with E-state index in [-0.39, 0.29) is 5.57 Å². The number of amides is 1. The maximum atomic E-state index is 12.9. The molecule has 158 valence electrons. The molecule has 1 aromatic heterocycles. The zero-order valence-electron chi connectivity index (χ0n) is 17.5. The van der Waals surface area contributed by atoms with Gasteiger partial charge < -0.3 is 15.0 Å². The molecule has 2 aromatic rings. The summed E-state index contributed by atoms with van der Waals surface area (Å²) < 4.78 is 5.53. The van der Waals surface area contributed by atoms with Crippen molar-refractivity contribution in [1.82, 2.24) is 0 Å². The second-order valence-electron chi connectivity index (χ2n) is 7.77. The van der Waals surface area contributed by atoms with Crippen molar-refractivity contribution in [3.05, 3.63) is 45.3 Å². The molecule has 31 heavy (non-hydrogen) atoms. The van der Waals surface area contributed by atoms with Gasteiger partial charge in [-0.2, -0.15) is 10.5 Å². The van der Waals surface area contributed by atoms with E-state index >= 15 is 0 Å². The predicted octanol–water partition coefficient (Wildman–Crippen LogP) is 4.65. The van der Waals surface area contributed by atoms with Crippen LogP contribution in [0.1, 0.15) is 47.3 Å². The predicted molar refractivity (Wildman–Crippen MR) is 122 cm³/mol. The van der Waals surface area contributed by atoms with Gasteiger partial charge in [0.25, 0.3) is 5.91 Å². The van der Waals surface area contributed by atoms with Crippen LogP contribution >= 0.6 is 11.3 Å². The van der Waals surface area contributed by atoms with Gasteiger partial charge in [-0.1, -0.05) is 0 Å². The van der Waals surface area contributed by atoms with Crippen LogP contribution in [0.4, 0.5) is 10.7 Å². The van der Waals surface area contributed by atoms with Crippen molar-refractivity contribution in [3.63, 3.8) is 0 Å². The highest BCUT2D eigenvalue weighted by atomic mass is 32.1. The lowest BCUT2D eigenvalue weighted by Gasteiger charge is -2.19.